The van der Waals surface area contributed by atoms with Gasteiger partial charge in [-0.1, -0.05) is 0 Å². The molecule has 1 atom stereocenters. The van der Waals surface area contributed by atoms with Crippen LogP contribution in [0.1, 0.15) is 19.8 Å². The predicted molar refractivity (Wildman–Crippen MR) is 62.5 cm³/mol. The zero-order valence-corrected chi connectivity index (χ0v) is 11.0. The van der Waals surface area contributed by atoms with E-state index in [1.165, 1.54) is 0 Å². The summed E-state index contributed by atoms with van der Waals surface area (Å²) in [5, 5.41) is 0. The second-order valence-corrected chi connectivity index (χ2v) is 6.57. The van der Waals surface area contributed by atoms with E-state index in [1.54, 1.807) is 14.2 Å². The fraction of sp³-hybridized carbons (Fsp3) is 1.00. The minimum absolute atomic E-state index is 0.139. The van der Waals surface area contributed by atoms with Gasteiger partial charge in [-0.25, -0.2) is 0 Å². The van der Waals surface area contributed by atoms with Crippen molar-refractivity contribution in [3.8, 4) is 0 Å². The molecular formula is C9H24N2O3Si. The van der Waals surface area contributed by atoms with E-state index in [9.17, 15) is 0 Å². The highest BCUT2D eigenvalue weighted by Gasteiger charge is 2.37. The second-order valence-electron chi connectivity index (χ2n) is 3.60. The van der Waals surface area contributed by atoms with E-state index in [0.717, 1.165) is 18.9 Å². The molecule has 0 spiro atoms. The SMILES string of the molecule is CO[Si](CCCN)(OC)OCCC(C)N. The molecule has 0 heterocycles. The van der Waals surface area contributed by atoms with E-state index >= 15 is 0 Å². The van der Waals surface area contributed by atoms with Crippen LogP contribution in [-0.4, -0.2) is 42.2 Å². The Labute approximate surface area is 93.4 Å². The van der Waals surface area contributed by atoms with Gasteiger partial charge in [0, 0.05) is 32.9 Å². The van der Waals surface area contributed by atoms with Gasteiger partial charge in [0.05, 0.1) is 0 Å². The van der Waals surface area contributed by atoms with E-state index in [0.29, 0.717) is 13.2 Å². The van der Waals surface area contributed by atoms with Gasteiger partial charge in [0.1, 0.15) is 0 Å². The van der Waals surface area contributed by atoms with Crippen molar-refractivity contribution >= 4 is 8.80 Å². The third kappa shape index (κ3) is 6.24. The molecule has 0 aromatic rings. The van der Waals surface area contributed by atoms with E-state index in [2.05, 4.69) is 0 Å². The molecule has 0 aliphatic rings. The van der Waals surface area contributed by atoms with Gasteiger partial charge in [-0.3, -0.25) is 0 Å². The van der Waals surface area contributed by atoms with Gasteiger partial charge < -0.3 is 24.7 Å². The number of rotatable bonds is 9. The highest BCUT2D eigenvalue weighted by molar-refractivity contribution is 6.60. The quantitative estimate of drug-likeness (QED) is 0.564. The van der Waals surface area contributed by atoms with Crippen molar-refractivity contribution < 1.29 is 13.3 Å². The van der Waals surface area contributed by atoms with Crippen LogP contribution in [0.25, 0.3) is 0 Å². The van der Waals surface area contributed by atoms with E-state index in [1.807, 2.05) is 6.92 Å². The maximum Gasteiger partial charge on any atom is 0.500 e. The fourth-order valence-corrected chi connectivity index (χ4v) is 3.22. The highest BCUT2D eigenvalue weighted by atomic mass is 28.4. The fourth-order valence-electron chi connectivity index (χ4n) is 1.20. The lowest BCUT2D eigenvalue weighted by atomic mass is 10.3. The van der Waals surface area contributed by atoms with E-state index < -0.39 is 8.80 Å². The lowest BCUT2D eigenvalue weighted by molar-refractivity contribution is 0.0953. The van der Waals surface area contributed by atoms with Crippen LogP contribution >= 0.6 is 0 Å². The molecule has 0 radical (unpaired) electrons. The molecular weight excluding hydrogens is 212 g/mol. The number of nitrogens with two attached hydrogens (primary N) is 2. The van der Waals surface area contributed by atoms with Gasteiger partial charge in [-0.05, 0) is 26.3 Å². The molecule has 5 nitrogen and oxygen atoms in total. The summed E-state index contributed by atoms with van der Waals surface area (Å²) in [6.45, 7) is 3.15. The van der Waals surface area contributed by atoms with Gasteiger partial charge in [-0.15, -0.1) is 0 Å². The van der Waals surface area contributed by atoms with Crippen LogP contribution in [0, 0.1) is 0 Å². The first-order chi connectivity index (χ1) is 7.10. The number of hydrogen-bond donors (Lipinski definition) is 2. The van der Waals surface area contributed by atoms with E-state index in [4.69, 9.17) is 24.7 Å². The molecule has 0 aliphatic heterocycles. The lowest BCUT2D eigenvalue weighted by Crippen LogP contribution is -2.44. The Kier molecular flexibility index (Phi) is 8.21. The minimum atomic E-state index is -2.47. The molecule has 92 valence electrons. The molecule has 0 saturated carbocycles. The smallest absolute Gasteiger partial charge is 0.377 e. The minimum Gasteiger partial charge on any atom is -0.377 e. The van der Waals surface area contributed by atoms with Crippen molar-refractivity contribution in [3.63, 3.8) is 0 Å². The summed E-state index contributed by atoms with van der Waals surface area (Å²) in [7, 11) is 0.779. The molecule has 0 aliphatic carbocycles. The topological polar surface area (TPSA) is 79.7 Å². The summed E-state index contributed by atoms with van der Waals surface area (Å²) < 4.78 is 16.4. The molecule has 0 fully saturated rings. The van der Waals surface area contributed by atoms with Crippen LogP contribution in [0.15, 0.2) is 0 Å². The summed E-state index contributed by atoms with van der Waals surface area (Å²) in [6.07, 6.45) is 1.66. The molecule has 0 bridgehead atoms. The third-order valence-electron chi connectivity index (χ3n) is 2.20. The first-order valence-corrected chi connectivity index (χ1v) is 7.23. The standard InChI is InChI=1S/C9H24N2O3Si/c1-9(11)5-7-14-15(12-2,13-3)8-4-6-10/h9H,4-8,10-11H2,1-3H3. The van der Waals surface area contributed by atoms with Crippen LogP contribution in [0.4, 0.5) is 0 Å². The monoisotopic (exact) mass is 236 g/mol. The Bertz CT molecular complexity index is 154. The molecule has 0 amide bonds. The Hall–Kier alpha value is 0.0169. The summed E-state index contributed by atoms with van der Waals surface area (Å²) in [6, 6.07) is 0.898. The summed E-state index contributed by atoms with van der Waals surface area (Å²) in [5.74, 6) is 0. The molecule has 0 rings (SSSR count). The molecule has 1 unspecified atom stereocenters. The second kappa shape index (κ2) is 8.20. The normalized spacial score (nSPS) is 14.2. The van der Waals surface area contributed by atoms with Gasteiger partial charge in [0.15, 0.2) is 0 Å². The van der Waals surface area contributed by atoms with Crippen LogP contribution < -0.4 is 11.5 Å². The Morgan fingerprint density at radius 2 is 1.87 bits per heavy atom. The van der Waals surface area contributed by atoms with Crippen LogP contribution in [0.3, 0.4) is 0 Å². The molecule has 0 aromatic heterocycles. The van der Waals surface area contributed by atoms with Crippen LogP contribution in [0.5, 0.6) is 0 Å². The highest BCUT2D eigenvalue weighted by Crippen LogP contribution is 2.16. The van der Waals surface area contributed by atoms with Gasteiger partial charge >= 0.3 is 8.80 Å². The van der Waals surface area contributed by atoms with Crippen molar-refractivity contribution in [2.45, 2.75) is 31.9 Å². The van der Waals surface area contributed by atoms with Crippen molar-refractivity contribution in [2.75, 3.05) is 27.4 Å². The van der Waals surface area contributed by atoms with Crippen LogP contribution in [0.2, 0.25) is 6.04 Å². The summed E-state index contributed by atoms with van der Waals surface area (Å²) >= 11 is 0. The average molecular weight is 236 g/mol. The van der Waals surface area contributed by atoms with Gasteiger partial charge in [0.2, 0.25) is 0 Å². The van der Waals surface area contributed by atoms with E-state index in [-0.39, 0.29) is 6.04 Å². The maximum absolute atomic E-state index is 5.70. The molecule has 6 heteroatoms. The molecule has 0 aromatic carbocycles. The average Bonchev–Trinajstić information content (AvgIpc) is 2.23. The zero-order chi connectivity index (χ0) is 11.7. The number of hydrogen-bond acceptors (Lipinski definition) is 5. The largest absolute Gasteiger partial charge is 0.500 e. The summed E-state index contributed by atoms with van der Waals surface area (Å²) in [4.78, 5) is 0. The van der Waals surface area contributed by atoms with Crippen LogP contribution in [-0.2, 0) is 13.3 Å². The van der Waals surface area contributed by atoms with Crippen molar-refractivity contribution in [2.24, 2.45) is 11.5 Å². The molecule has 0 saturated heterocycles. The first-order valence-electron chi connectivity index (χ1n) is 5.30. The van der Waals surface area contributed by atoms with Crippen molar-refractivity contribution in [1.82, 2.24) is 0 Å². The molecule has 4 N–H and O–H groups in total. The zero-order valence-electron chi connectivity index (χ0n) is 9.99. The lowest BCUT2D eigenvalue weighted by Gasteiger charge is -2.26. The Morgan fingerprint density at radius 1 is 1.27 bits per heavy atom. The van der Waals surface area contributed by atoms with Gasteiger partial charge in [-0.2, -0.15) is 0 Å². The maximum atomic E-state index is 5.70. The van der Waals surface area contributed by atoms with Crippen molar-refractivity contribution in [1.29, 1.82) is 0 Å². The summed E-state index contributed by atoms with van der Waals surface area (Å²) in [5.41, 5.74) is 11.1. The molecule has 15 heavy (non-hydrogen) atoms. The third-order valence-corrected chi connectivity index (χ3v) is 5.06. The van der Waals surface area contributed by atoms with Crippen molar-refractivity contribution in [3.05, 3.63) is 0 Å². The Balaban J connectivity index is 3.99. The predicted octanol–water partition coefficient (Wildman–Crippen LogP) is 0.321. The Morgan fingerprint density at radius 3 is 2.27 bits per heavy atom. The van der Waals surface area contributed by atoms with Gasteiger partial charge in [0.25, 0.3) is 0 Å². The first kappa shape index (κ1) is 15.0.